The molecule has 2 aromatic carbocycles. The maximum atomic E-state index is 12.9. The molecule has 0 saturated carbocycles. The predicted octanol–water partition coefficient (Wildman–Crippen LogP) is 3.80. The molecule has 1 unspecified atom stereocenters. The molecule has 2 aromatic rings. The number of rotatable bonds is 3. The average molecular weight is 358 g/mol. The molecule has 0 spiro atoms. The Balaban J connectivity index is 1.67. The predicted molar refractivity (Wildman–Crippen MR) is 105 cm³/mol. The number of amides is 1. The second-order valence-corrected chi connectivity index (χ2v) is 7.18. The third kappa shape index (κ3) is 3.43. The first-order valence-corrected chi connectivity index (χ1v) is 9.38. The van der Waals surface area contributed by atoms with E-state index in [-0.39, 0.29) is 11.9 Å². The number of hydrazone groups is 1. The smallest absolute Gasteiger partial charge is 0.270 e. The van der Waals surface area contributed by atoms with Crippen LogP contribution in [0.1, 0.15) is 42.0 Å². The summed E-state index contributed by atoms with van der Waals surface area (Å²) in [5.41, 5.74) is 4.46. The van der Waals surface area contributed by atoms with Crippen molar-refractivity contribution in [3.8, 4) is 6.07 Å². The standard InChI is InChI=1S/C22H22N4O/c1-16-4-10-19(11-5-16)26-21(18-8-6-17(15-23)7-9-18)14-20(24-26)22(27)25-12-2-3-13-25/h4-11,21H,2-3,12-14H2,1H3. The summed E-state index contributed by atoms with van der Waals surface area (Å²) in [6, 6.07) is 17.9. The van der Waals surface area contributed by atoms with Gasteiger partial charge >= 0.3 is 0 Å². The summed E-state index contributed by atoms with van der Waals surface area (Å²) in [4.78, 5) is 14.8. The van der Waals surface area contributed by atoms with Gasteiger partial charge in [0.15, 0.2) is 0 Å². The van der Waals surface area contributed by atoms with Crippen molar-refractivity contribution in [3.05, 3.63) is 65.2 Å². The van der Waals surface area contributed by atoms with Gasteiger partial charge in [0, 0.05) is 19.5 Å². The highest BCUT2D eigenvalue weighted by molar-refractivity contribution is 6.39. The minimum Gasteiger partial charge on any atom is -0.338 e. The molecule has 1 saturated heterocycles. The fourth-order valence-electron chi connectivity index (χ4n) is 3.72. The fourth-order valence-corrected chi connectivity index (χ4v) is 3.72. The van der Waals surface area contributed by atoms with Gasteiger partial charge in [0.1, 0.15) is 5.71 Å². The fraction of sp³-hybridized carbons (Fsp3) is 0.318. The van der Waals surface area contributed by atoms with Crippen LogP contribution in [0.4, 0.5) is 5.69 Å². The molecule has 0 radical (unpaired) electrons. The van der Waals surface area contributed by atoms with Crippen LogP contribution >= 0.6 is 0 Å². The summed E-state index contributed by atoms with van der Waals surface area (Å²) < 4.78 is 0. The quantitative estimate of drug-likeness (QED) is 0.838. The lowest BCUT2D eigenvalue weighted by molar-refractivity contribution is -0.123. The molecule has 0 N–H and O–H groups in total. The van der Waals surface area contributed by atoms with Gasteiger partial charge in [0.05, 0.1) is 23.4 Å². The van der Waals surface area contributed by atoms with E-state index in [9.17, 15) is 4.79 Å². The second kappa shape index (κ2) is 7.24. The Morgan fingerprint density at radius 1 is 1.07 bits per heavy atom. The summed E-state index contributed by atoms with van der Waals surface area (Å²) in [5.74, 6) is 0.0563. The first kappa shape index (κ1) is 17.3. The number of aryl methyl sites for hydroxylation is 1. The van der Waals surface area contributed by atoms with Crippen LogP contribution in [0.5, 0.6) is 0 Å². The van der Waals surface area contributed by atoms with Gasteiger partial charge in [-0.15, -0.1) is 0 Å². The molecular formula is C22H22N4O. The maximum absolute atomic E-state index is 12.9. The lowest BCUT2D eigenvalue weighted by Gasteiger charge is -2.24. The number of carbonyl (C=O) groups excluding carboxylic acids is 1. The van der Waals surface area contributed by atoms with Crippen LogP contribution < -0.4 is 5.01 Å². The normalized spacial score (nSPS) is 19.1. The molecule has 0 bridgehead atoms. The van der Waals surface area contributed by atoms with Crippen molar-refractivity contribution >= 4 is 17.3 Å². The van der Waals surface area contributed by atoms with Crippen molar-refractivity contribution in [1.29, 1.82) is 5.26 Å². The molecule has 2 heterocycles. The molecule has 0 aliphatic carbocycles. The van der Waals surface area contributed by atoms with E-state index in [2.05, 4.69) is 25.1 Å². The topological polar surface area (TPSA) is 59.7 Å². The lowest BCUT2D eigenvalue weighted by atomic mass is 9.99. The summed E-state index contributed by atoms with van der Waals surface area (Å²) in [5, 5.41) is 15.7. The van der Waals surface area contributed by atoms with Gasteiger partial charge in [-0.1, -0.05) is 29.8 Å². The van der Waals surface area contributed by atoms with E-state index in [0.29, 0.717) is 17.7 Å². The highest BCUT2D eigenvalue weighted by Gasteiger charge is 2.34. The first-order chi connectivity index (χ1) is 13.2. The van der Waals surface area contributed by atoms with Crippen molar-refractivity contribution in [3.63, 3.8) is 0 Å². The van der Waals surface area contributed by atoms with Crippen molar-refractivity contribution in [1.82, 2.24) is 4.90 Å². The summed E-state index contributed by atoms with van der Waals surface area (Å²) >= 11 is 0. The Labute approximate surface area is 159 Å². The van der Waals surface area contributed by atoms with Gasteiger partial charge in [-0.05, 0) is 49.6 Å². The van der Waals surface area contributed by atoms with E-state index < -0.39 is 0 Å². The molecule has 4 rings (SSSR count). The van der Waals surface area contributed by atoms with Crippen LogP contribution in [-0.4, -0.2) is 29.6 Å². The van der Waals surface area contributed by atoms with Gasteiger partial charge < -0.3 is 4.90 Å². The Kier molecular flexibility index (Phi) is 4.64. The number of hydrogen-bond acceptors (Lipinski definition) is 4. The third-order valence-corrected chi connectivity index (χ3v) is 5.27. The van der Waals surface area contributed by atoms with E-state index in [1.54, 1.807) is 0 Å². The zero-order valence-corrected chi connectivity index (χ0v) is 15.4. The van der Waals surface area contributed by atoms with Crippen LogP contribution in [0.25, 0.3) is 0 Å². The highest BCUT2D eigenvalue weighted by Crippen LogP contribution is 2.36. The summed E-state index contributed by atoms with van der Waals surface area (Å²) in [6.07, 6.45) is 2.72. The van der Waals surface area contributed by atoms with Gasteiger partial charge in [-0.3, -0.25) is 9.80 Å². The zero-order valence-electron chi connectivity index (χ0n) is 15.4. The molecular weight excluding hydrogens is 336 g/mol. The first-order valence-electron chi connectivity index (χ1n) is 9.38. The number of nitrogens with zero attached hydrogens (tertiary/aromatic N) is 4. The van der Waals surface area contributed by atoms with E-state index in [1.165, 1.54) is 5.56 Å². The van der Waals surface area contributed by atoms with Crippen LogP contribution in [0.2, 0.25) is 0 Å². The Bertz CT molecular complexity index is 903. The molecule has 5 nitrogen and oxygen atoms in total. The number of nitriles is 1. The lowest BCUT2D eigenvalue weighted by Crippen LogP contribution is -2.33. The van der Waals surface area contributed by atoms with Crippen molar-refractivity contribution in [2.45, 2.75) is 32.2 Å². The zero-order chi connectivity index (χ0) is 18.8. The van der Waals surface area contributed by atoms with Gasteiger partial charge in [-0.25, -0.2) is 0 Å². The van der Waals surface area contributed by atoms with Crippen LogP contribution in [0.3, 0.4) is 0 Å². The minimum atomic E-state index is -0.0398. The van der Waals surface area contributed by atoms with Gasteiger partial charge in [0.2, 0.25) is 0 Å². The summed E-state index contributed by atoms with van der Waals surface area (Å²) in [7, 11) is 0. The average Bonchev–Trinajstić information content (AvgIpc) is 3.38. The largest absolute Gasteiger partial charge is 0.338 e. The number of benzene rings is 2. The number of likely N-dealkylation sites (tertiary alicyclic amines) is 1. The minimum absolute atomic E-state index is 0.0398. The number of hydrogen-bond donors (Lipinski definition) is 0. The Morgan fingerprint density at radius 2 is 1.74 bits per heavy atom. The summed E-state index contributed by atoms with van der Waals surface area (Å²) in [6.45, 7) is 3.70. The van der Waals surface area contributed by atoms with Crippen LogP contribution in [0, 0.1) is 18.3 Å². The third-order valence-electron chi connectivity index (χ3n) is 5.27. The van der Waals surface area contributed by atoms with E-state index in [0.717, 1.165) is 37.2 Å². The van der Waals surface area contributed by atoms with E-state index >= 15 is 0 Å². The Morgan fingerprint density at radius 3 is 2.37 bits per heavy atom. The van der Waals surface area contributed by atoms with Gasteiger partial charge in [0.25, 0.3) is 5.91 Å². The maximum Gasteiger partial charge on any atom is 0.270 e. The molecule has 1 fully saturated rings. The van der Waals surface area contributed by atoms with Crippen LogP contribution in [-0.2, 0) is 4.79 Å². The van der Waals surface area contributed by atoms with Crippen LogP contribution in [0.15, 0.2) is 53.6 Å². The van der Waals surface area contributed by atoms with Crippen molar-refractivity contribution in [2.24, 2.45) is 5.10 Å². The second-order valence-electron chi connectivity index (χ2n) is 7.18. The van der Waals surface area contributed by atoms with Crippen molar-refractivity contribution < 1.29 is 4.79 Å². The van der Waals surface area contributed by atoms with Crippen molar-refractivity contribution in [2.75, 3.05) is 18.1 Å². The van der Waals surface area contributed by atoms with E-state index in [4.69, 9.17) is 10.4 Å². The molecule has 27 heavy (non-hydrogen) atoms. The number of anilines is 1. The molecule has 136 valence electrons. The monoisotopic (exact) mass is 358 g/mol. The SMILES string of the molecule is Cc1ccc(N2N=C(C(=O)N3CCCC3)CC2c2ccc(C#N)cc2)cc1. The molecule has 1 atom stereocenters. The van der Waals surface area contributed by atoms with E-state index in [1.807, 2.05) is 46.3 Å². The van der Waals surface area contributed by atoms with Gasteiger partial charge in [-0.2, -0.15) is 10.4 Å². The molecule has 0 aromatic heterocycles. The molecule has 2 aliphatic rings. The number of carbonyl (C=O) groups is 1. The highest BCUT2D eigenvalue weighted by atomic mass is 16.2. The Hall–Kier alpha value is -3.13. The molecule has 2 aliphatic heterocycles. The molecule has 5 heteroatoms. The molecule has 1 amide bonds.